The Morgan fingerprint density at radius 1 is 1.54 bits per heavy atom. The van der Waals surface area contributed by atoms with Crippen LogP contribution in [0.15, 0.2) is 17.3 Å². The fourth-order valence-corrected chi connectivity index (χ4v) is 1.93. The van der Waals surface area contributed by atoms with Gasteiger partial charge in [-0.1, -0.05) is 11.8 Å². The second-order valence-electron chi connectivity index (χ2n) is 2.53. The van der Waals surface area contributed by atoms with Crippen LogP contribution in [0.1, 0.15) is 0 Å². The van der Waals surface area contributed by atoms with Crippen LogP contribution in [-0.2, 0) is 0 Å². The van der Waals surface area contributed by atoms with Gasteiger partial charge in [0.15, 0.2) is 5.16 Å². The molecule has 0 unspecified atom stereocenters. The van der Waals surface area contributed by atoms with Crippen molar-refractivity contribution in [1.29, 1.82) is 0 Å². The fourth-order valence-electron chi connectivity index (χ4n) is 1.08. The third kappa shape index (κ3) is 1.67. The molecule has 0 aliphatic carbocycles. The van der Waals surface area contributed by atoms with E-state index in [1.54, 1.807) is 6.07 Å². The monoisotopic (exact) mass is 308 g/mol. The molecule has 2 nitrogen and oxygen atoms in total. The van der Waals surface area contributed by atoms with Crippen molar-refractivity contribution >= 4 is 45.4 Å². The van der Waals surface area contributed by atoms with Crippen molar-refractivity contribution in [3.05, 3.63) is 21.5 Å². The molecular formula is C8H6FIN2S. The van der Waals surface area contributed by atoms with Gasteiger partial charge in [-0.25, -0.2) is 9.37 Å². The Labute approximate surface area is 92.5 Å². The normalized spacial score (nSPS) is 11.0. The fraction of sp³-hybridized carbons (Fsp3) is 0.125. The maximum Gasteiger partial charge on any atom is 0.166 e. The average molecular weight is 308 g/mol. The smallest absolute Gasteiger partial charge is 0.166 e. The van der Waals surface area contributed by atoms with Crippen LogP contribution in [0.25, 0.3) is 11.0 Å². The molecule has 5 heteroatoms. The molecule has 0 atom stereocenters. The molecule has 0 amide bonds. The van der Waals surface area contributed by atoms with Crippen LogP contribution in [0.5, 0.6) is 0 Å². The van der Waals surface area contributed by atoms with Crippen LogP contribution in [0.2, 0.25) is 0 Å². The second kappa shape index (κ2) is 3.45. The summed E-state index contributed by atoms with van der Waals surface area (Å²) in [5.74, 6) is -0.204. The van der Waals surface area contributed by atoms with Crippen molar-refractivity contribution in [2.45, 2.75) is 5.16 Å². The Balaban J connectivity index is 2.70. The average Bonchev–Trinajstić information content (AvgIpc) is 2.48. The number of benzene rings is 1. The van der Waals surface area contributed by atoms with E-state index in [-0.39, 0.29) is 5.82 Å². The van der Waals surface area contributed by atoms with Crippen molar-refractivity contribution in [1.82, 2.24) is 9.97 Å². The number of fused-ring (bicyclic) bond motifs is 1. The van der Waals surface area contributed by atoms with Crippen molar-refractivity contribution in [2.75, 3.05) is 6.26 Å². The van der Waals surface area contributed by atoms with Crippen LogP contribution in [0, 0.1) is 9.39 Å². The standard InChI is InChI=1S/C8H6FIN2S/c1-13-8-11-6-2-4(9)5(10)3-7(6)12-8/h2-3H,1H3,(H,11,12). The Bertz CT molecular complexity index is 416. The van der Waals surface area contributed by atoms with Gasteiger partial charge in [-0.05, 0) is 34.9 Å². The third-order valence-corrected chi connectivity index (χ3v) is 3.10. The first-order valence-corrected chi connectivity index (χ1v) is 5.90. The lowest BCUT2D eigenvalue weighted by molar-refractivity contribution is 0.622. The van der Waals surface area contributed by atoms with Gasteiger partial charge in [-0.15, -0.1) is 0 Å². The van der Waals surface area contributed by atoms with E-state index in [4.69, 9.17) is 0 Å². The number of hydrogen-bond donors (Lipinski definition) is 1. The van der Waals surface area contributed by atoms with Gasteiger partial charge >= 0.3 is 0 Å². The summed E-state index contributed by atoms with van der Waals surface area (Å²) in [6.45, 7) is 0. The minimum Gasteiger partial charge on any atom is -0.333 e. The molecule has 13 heavy (non-hydrogen) atoms. The number of nitrogens with one attached hydrogen (secondary N) is 1. The van der Waals surface area contributed by atoms with Crippen molar-refractivity contribution in [3.63, 3.8) is 0 Å². The lowest BCUT2D eigenvalue weighted by Gasteiger charge is -1.92. The van der Waals surface area contributed by atoms with Gasteiger partial charge in [0.05, 0.1) is 14.6 Å². The minimum absolute atomic E-state index is 0.204. The Morgan fingerprint density at radius 2 is 2.31 bits per heavy atom. The molecule has 0 saturated heterocycles. The first-order valence-electron chi connectivity index (χ1n) is 3.59. The van der Waals surface area contributed by atoms with Crippen molar-refractivity contribution < 1.29 is 4.39 Å². The molecule has 1 N–H and O–H groups in total. The van der Waals surface area contributed by atoms with E-state index in [1.807, 2.05) is 28.8 Å². The van der Waals surface area contributed by atoms with Gasteiger partial charge in [0.25, 0.3) is 0 Å². The summed E-state index contributed by atoms with van der Waals surface area (Å²) >= 11 is 3.47. The quantitative estimate of drug-likeness (QED) is 0.648. The zero-order valence-electron chi connectivity index (χ0n) is 6.77. The highest BCUT2D eigenvalue weighted by Gasteiger charge is 2.05. The first kappa shape index (κ1) is 9.26. The Hall–Kier alpha value is -0.300. The summed E-state index contributed by atoms with van der Waals surface area (Å²) in [5, 5.41) is 0.816. The van der Waals surface area contributed by atoms with Crippen LogP contribution in [-0.4, -0.2) is 16.2 Å². The van der Waals surface area contributed by atoms with Crippen LogP contribution >= 0.6 is 34.4 Å². The molecule has 0 fully saturated rings. The zero-order chi connectivity index (χ0) is 9.42. The number of aromatic amines is 1. The van der Waals surface area contributed by atoms with Gasteiger partial charge in [-0.2, -0.15) is 0 Å². The number of H-pyrrole nitrogens is 1. The lowest BCUT2D eigenvalue weighted by atomic mass is 10.3. The summed E-state index contributed by atoms with van der Waals surface area (Å²) in [5.41, 5.74) is 1.57. The van der Waals surface area contributed by atoms with Gasteiger partial charge in [0.1, 0.15) is 5.82 Å². The summed E-state index contributed by atoms with van der Waals surface area (Å²) in [7, 11) is 0. The highest BCUT2D eigenvalue weighted by Crippen LogP contribution is 2.21. The van der Waals surface area contributed by atoms with Crippen molar-refractivity contribution in [3.8, 4) is 0 Å². The van der Waals surface area contributed by atoms with E-state index in [0.29, 0.717) is 3.57 Å². The first-order chi connectivity index (χ1) is 6.20. The Morgan fingerprint density at radius 3 is 3.00 bits per heavy atom. The number of nitrogens with zero attached hydrogens (tertiary/aromatic N) is 1. The van der Waals surface area contributed by atoms with Gasteiger partial charge in [0, 0.05) is 6.07 Å². The van der Waals surface area contributed by atoms with E-state index in [2.05, 4.69) is 9.97 Å². The number of thioether (sulfide) groups is 1. The molecule has 0 bridgehead atoms. The third-order valence-electron chi connectivity index (χ3n) is 1.70. The molecule has 2 rings (SSSR count). The van der Waals surface area contributed by atoms with E-state index < -0.39 is 0 Å². The summed E-state index contributed by atoms with van der Waals surface area (Å²) in [4.78, 5) is 7.29. The summed E-state index contributed by atoms with van der Waals surface area (Å²) < 4.78 is 13.7. The van der Waals surface area contributed by atoms with Crippen molar-refractivity contribution in [2.24, 2.45) is 0 Å². The maximum absolute atomic E-state index is 13.1. The van der Waals surface area contributed by atoms with Crippen LogP contribution in [0.4, 0.5) is 4.39 Å². The number of aromatic nitrogens is 2. The molecule has 1 heterocycles. The molecule has 0 saturated carbocycles. The molecule has 0 radical (unpaired) electrons. The SMILES string of the molecule is CSc1nc2cc(I)c(F)cc2[nH]1. The molecule has 0 aliphatic rings. The van der Waals surface area contributed by atoms with E-state index >= 15 is 0 Å². The van der Waals surface area contributed by atoms with E-state index in [0.717, 1.165) is 16.2 Å². The molecule has 0 aliphatic heterocycles. The number of rotatable bonds is 1. The van der Waals surface area contributed by atoms with Crippen LogP contribution in [0.3, 0.4) is 0 Å². The molecular weight excluding hydrogens is 302 g/mol. The maximum atomic E-state index is 13.1. The molecule has 2 aromatic rings. The number of imidazole rings is 1. The number of hydrogen-bond acceptors (Lipinski definition) is 2. The lowest BCUT2D eigenvalue weighted by Crippen LogP contribution is -1.80. The molecule has 1 aromatic heterocycles. The second-order valence-corrected chi connectivity index (χ2v) is 4.49. The van der Waals surface area contributed by atoms with Gasteiger partial charge < -0.3 is 4.98 Å². The molecule has 68 valence electrons. The van der Waals surface area contributed by atoms with Crippen LogP contribution < -0.4 is 0 Å². The largest absolute Gasteiger partial charge is 0.333 e. The molecule has 1 aromatic carbocycles. The highest BCUT2D eigenvalue weighted by atomic mass is 127. The highest BCUT2D eigenvalue weighted by molar-refractivity contribution is 14.1. The van der Waals surface area contributed by atoms with E-state index in [9.17, 15) is 4.39 Å². The van der Waals surface area contributed by atoms with Gasteiger partial charge in [-0.3, -0.25) is 0 Å². The van der Waals surface area contributed by atoms with Gasteiger partial charge in [0.2, 0.25) is 0 Å². The molecule has 0 spiro atoms. The summed E-state index contributed by atoms with van der Waals surface area (Å²) in [6, 6.07) is 3.21. The minimum atomic E-state index is -0.204. The van der Waals surface area contributed by atoms with E-state index in [1.165, 1.54) is 17.8 Å². The summed E-state index contributed by atoms with van der Waals surface area (Å²) in [6.07, 6.45) is 1.93. The Kier molecular flexibility index (Phi) is 2.46. The topological polar surface area (TPSA) is 28.7 Å². The number of halogens is 2. The zero-order valence-corrected chi connectivity index (χ0v) is 9.74. The predicted octanol–water partition coefficient (Wildman–Crippen LogP) is 3.03. The predicted molar refractivity (Wildman–Crippen MR) is 60.5 cm³/mol.